The SMILES string of the molecule is N#Cc1ccc(CNc2c(F)cc(C#N)cc2F)cc1. The van der Waals surface area contributed by atoms with Crippen LogP contribution in [0.2, 0.25) is 0 Å². The third kappa shape index (κ3) is 2.90. The highest BCUT2D eigenvalue weighted by atomic mass is 19.1. The molecule has 20 heavy (non-hydrogen) atoms. The summed E-state index contributed by atoms with van der Waals surface area (Å²) in [6.07, 6.45) is 0. The van der Waals surface area contributed by atoms with Crippen molar-refractivity contribution in [2.24, 2.45) is 0 Å². The third-order valence-corrected chi connectivity index (χ3v) is 2.72. The Kier molecular flexibility index (Phi) is 3.93. The molecule has 0 aliphatic carbocycles. The number of halogens is 2. The molecule has 2 aromatic carbocycles. The van der Waals surface area contributed by atoms with Gasteiger partial charge >= 0.3 is 0 Å². The molecule has 0 spiro atoms. The standard InChI is InChI=1S/C15H9F2N3/c16-13-5-12(8-19)6-14(17)15(13)20-9-11-3-1-10(7-18)2-4-11/h1-6,20H,9H2. The molecule has 0 atom stereocenters. The zero-order chi connectivity index (χ0) is 14.5. The van der Waals surface area contributed by atoms with Crippen molar-refractivity contribution in [3.05, 3.63) is 64.7 Å². The first-order valence-electron chi connectivity index (χ1n) is 5.76. The summed E-state index contributed by atoms with van der Waals surface area (Å²) in [4.78, 5) is 0. The van der Waals surface area contributed by atoms with E-state index in [1.807, 2.05) is 6.07 Å². The van der Waals surface area contributed by atoms with Gasteiger partial charge in [-0.2, -0.15) is 10.5 Å². The molecule has 3 nitrogen and oxygen atoms in total. The van der Waals surface area contributed by atoms with Gasteiger partial charge in [0.05, 0.1) is 23.3 Å². The molecule has 5 heteroatoms. The van der Waals surface area contributed by atoms with Gasteiger partial charge < -0.3 is 5.32 Å². The van der Waals surface area contributed by atoms with Gasteiger partial charge in [0.2, 0.25) is 0 Å². The molecule has 98 valence electrons. The Morgan fingerprint density at radius 2 is 1.45 bits per heavy atom. The van der Waals surface area contributed by atoms with Gasteiger partial charge in [-0.15, -0.1) is 0 Å². The molecule has 0 aliphatic heterocycles. The molecule has 0 heterocycles. The van der Waals surface area contributed by atoms with Crippen molar-refractivity contribution in [3.8, 4) is 12.1 Å². The monoisotopic (exact) mass is 269 g/mol. The molecule has 0 amide bonds. The lowest BCUT2D eigenvalue weighted by molar-refractivity contribution is 0.587. The molecule has 0 saturated heterocycles. The highest BCUT2D eigenvalue weighted by molar-refractivity contribution is 5.50. The van der Waals surface area contributed by atoms with Crippen molar-refractivity contribution in [2.75, 3.05) is 5.32 Å². The van der Waals surface area contributed by atoms with E-state index in [1.165, 1.54) is 0 Å². The van der Waals surface area contributed by atoms with E-state index in [9.17, 15) is 8.78 Å². The molecule has 2 aromatic rings. The van der Waals surface area contributed by atoms with E-state index < -0.39 is 11.6 Å². The maximum atomic E-state index is 13.6. The predicted octanol–water partition coefficient (Wildman–Crippen LogP) is 3.32. The van der Waals surface area contributed by atoms with Crippen LogP contribution >= 0.6 is 0 Å². The van der Waals surface area contributed by atoms with Crippen molar-refractivity contribution in [1.82, 2.24) is 0 Å². The average molecular weight is 269 g/mol. The fourth-order valence-electron chi connectivity index (χ4n) is 1.69. The highest BCUT2D eigenvalue weighted by Crippen LogP contribution is 2.21. The van der Waals surface area contributed by atoms with Crippen molar-refractivity contribution in [2.45, 2.75) is 6.54 Å². The van der Waals surface area contributed by atoms with Gasteiger partial charge in [-0.3, -0.25) is 0 Å². The summed E-state index contributed by atoms with van der Waals surface area (Å²) in [5.41, 5.74) is 0.967. The summed E-state index contributed by atoms with van der Waals surface area (Å²) in [5.74, 6) is -1.62. The van der Waals surface area contributed by atoms with Gasteiger partial charge in [0.1, 0.15) is 5.69 Å². The Labute approximate surface area is 114 Å². The smallest absolute Gasteiger partial charge is 0.150 e. The maximum absolute atomic E-state index is 13.6. The minimum Gasteiger partial charge on any atom is -0.376 e. The second kappa shape index (κ2) is 5.81. The zero-order valence-electron chi connectivity index (χ0n) is 10.3. The van der Waals surface area contributed by atoms with Crippen LogP contribution in [0.1, 0.15) is 16.7 Å². The molecule has 0 saturated carbocycles. The van der Waals surface area contributed by atoms with Crippen LogP contribution in [0.15, 0.2) is 36.4 Å². The minimum absolute atomic E-state index is 0.0658. The Bertz CT molecular complexity index is 686. The van der Waals surface area contributed by atoms with Crippen LogP contribution in [0.3, 0.4) is 0 Å². The third-order valence-electron chi connectivity index (χ3n) is 2.72. The van der Waals surface area contributed by atoms with Crippen molar-refractivity contribution in [1.29, 1.82) is 10.5 Å². The first kappa shape index (κ1) is 13.5. The number of nitrogens with zero attached hydrogens (tertiary/aromatic N) is 2. The minimum atomic E-state index is -0.810. The molecule has 0 aliphatic rings. The van der Waals surface area contributed by atoms with E-state index in [4.69, 9.17) is 10.5 Å². The van der Waals surface area contributed by atoms with Crippen LogP contribution in [-0.2, 0) is 6.54 Å². The molecule has 2 rings (SSSR count). The Hall–Kier alpha value is -2.92. The van der Waals surface area contributed by atoms with Gasteiger partial charge in [-0.05, 0) is 29.8 Å². The number of rotatable bonds is 3. The number of nitrogens with one attached hydrogen (secondary N) is 1. The number of hydrogen-bond donors (Lipinski definition) is 1. The van der Waals surface area contributed by atoms with Gasteiger partial charge in [0.15, 0.2) is 11.6 Å². The molecular formula is C15H9F2N3. The van der Waals surface area contributed by atoms with Crippen molar-refractivity contribution < 1.29 is 8.78 Å². The summed E-state index contributed by atoms with van der Waals surface area (Å²) in [6, 6.07) is 12.3. The maximum Gasteiger partial charge on any atom is 0.150 e. The predicted molar refractivity (Wildman–Crippen MR) is 69.6 cm³/mol. The van der Waals surface area contributed by atoms with E-state index in [0.29, 0.717) is 5.56 Å². The first-order valence-corrected chi connectivity index (χ1v) is 5.76. The fourth-order valence-corrected chi connectivity index (χ4v) is 1.69. The molecule has 0 aromatic heterocycles. The molecule has 0 radical (unpaired) electrons. The van der Waals surface area contributed by atoms with Crippen molar-refractivity contribution in [3.63, 3.8) is 0 Å². The second-order valence-electron chi connectivity index (χ2n) is 4.09. The summed E-state index contributed by atoms with van der Waals surface area (Å²) in [5, 5.41) is 19.9. The molecule has 0 fully saturated rings. The largest absolute Gasteiger partial charge is 0.376 e. The number of hydrogen-bond acceptors (Lipinski definition) is 3. The fraction of sp³-hybridized carbons (Fsp3) is 0.0667. The lowest BCUT2D eigenvalue weighted by Gasteiger charge is -2.09. The van der Waals surface area contributed by atoms with Crippen LogP contribution in [-0.4, -0.2) is 0 Å². The van der Waals surface area contributed by atoms with Crippen LogP contribution < -0.4 is 5.32 Å². The lowest BCUT2D eigenvalue weighted by atomic mass is 10.1. The quantitative estimate of drug-likeness (QED) is 0.929. The molecule has 1 N–H and O–H groups in total. The topological polar surface area (TPSA) is 59.6 Å². The average Bonchev–Trinajstić information content (AvgIpc) is 2.46. The van der Waals surface area contributed by atoms with E-state index in [1.54, 1.807) is 30.3 Å². The normalized spacial score (nSPS) is 9.60. The summed E-state index contributed by atoms with van der Waals surface area (Å²) >= 11 is 0. The van der Waals surface area contributed by atoms with E-state index in [2.05, 4.69) is 5.32 Å². The molecule has 0 bridgehead atoms. The summed E-state index contributed by atoms with van der Waals surface area (Å²) < 4.78 is 27.2. The number of anilines is 1. The van der Waals surface area contributed by atoms with Crippen molar-refractivity contribution >= 4 is 5.69 Å². The van der Waals surface area contributed by atoms with Crippen LogP contribution in [0.4, 0.5) is 14.5 Å². The second-order valence-corrected chi connectivity index (χ2v) is 4.09. The first-order chi connectivity index (χ1) is 9.63. The van der Waals surface area contributed by atoms with Crippen LogP contribution in [0.25, 0.3) is 0 Å². The van der Waals surface area contributed by atoms with Gasteiger partial charge in [-0.1, -0.05) is 12.1 Å². The Morgan fingerprint density at radius 1 is 0.900 bits per heavy atom. The van der Waals surface area contributed by atoms with Gasteiger partial charge in [0.25, 0.3) is 0 Å². The Morgan fingerprint density at radius 3 is 1.95 bits per heavy atom. The molecule has 0 unspecified atom stereocenters. The van der Waals surface area contributed by atoms with E-state index >= 15 is 0 Å². The molecular weight excluding hydrogens is 260 g/mol. The van der Waals surface area contributed by atoms with Gasteiger partial charge in [0, 0.05) is 6.54 Å². The summed E-state index contributed by atoms with van der Waals surface area (Å²) in [6.45, 7) is 0.214. The lowest BCUT2D eigenvalue weighted by Crippen LogP contribution is -2.04. The zero-order valence-corrected chi connectivity index (χ0v) is 10.3. The van der Waals surface area contributed by atoms with Gasteiger partial charge in [-0.25, -0.2) is 8.78 Å². The number of nitriles is 2. The van der Waals surface area contributed by atoms with Crippen LogP contribution in [0.5, 0.6) is 0 Å². The Balaban J connectivity index is 2.15. The number of benzene rings is 2. The summed E-state index contributed by atoms with van der Waals surface area (Å²) in [7, 11) is 0. The van der Waals surface area contributed by atoms with E-state index in [-0.39, 0.29) is 17.8 Å². The highest BCUT2D eigenvalue weighted by Gasteiger charge is 2.10. The van der Waals surface area contributed by atoms with E-state index in [0.717, 1.165) is 17.7 Å². The van der Waals surface area contributed by atoms with Crippen LogP contribution in [0, 0.1) is 34.3 Å².